The molecule has 2 rings (SSSR count). The van der Waals surface area contributed by atoms with Crippen molar-refractivity contribution in [2.45, 2.75) is 239 Å². The maximum absolute atomic E-state index is 13.5. The van der Waals surface area contributed by atoms with Gasteiger partial charge in [-0.25, -0.2) is 0 Å². The normalized spacial score (nSPS) is 19.7. The first-order valence-corrected chi connectivity index (χ1v) is 27.8. The molecule has 1 saturated heterocycles. The van der Waals surface area contributed by atoms with Crippen LogP contribution in [0.1, 0.15) is 227 Å². The molecule has 0 spiro atoms. The summed E-state index contributed by atoms with van der Waals surface area (Å²) in [6.45, 7) is 12.5. The molecule has 380 valence electrons. The standard InChI is InChI=1S/C59H103NO6/c1-6-9-12-14-16-18-20-22-24-26-28-30-32-34-36-39-48-63-51-54(64-49-40-37-35-33-31-29-27-25-23-21-19-17-15-13-10-7-2)52-65-57(61)50-53-42-43-56(55(53)41-38-11-8-3)66-58(62)59(4)44-46-60(5)47-45-59/h11,16-19,22-25,38,53-56H,6-10,12-15,20-21,26-37,39-52H2,1-5H3/b18-16-,19-17-,24-22-,25-23-,38-11-. The van der Waals surface area contributed by atoms with Gasteiger partial charge in [-0.3, -0.25) is 9.59 Å². The zero-order valence-electron chi connectivity index (χ0n) is 43.6. The van der Waals surface area contributed by atoms with E-state index in [0.717, 1.165) is 83.7 Å². The van der Waals surface area contributed by atoms with Crippen molar-refractivity contribution in [3.63, 3.8) is 0 Å². The van der Waals surface area contributed by atoms with Crippen molar-refractivity contribution < 1.29 is 28.5 Å². The number of hydrogen-bond donors (Lipinski definition) is 0. The fourth-order valence-corrected chi connectivity index (χ4v) is 9.22. The number of esters is 2. The Hall–Kier alpha value is -2.48. The van der Waals surface area contributed by atoms with E-state index in [4.69, 9.17) is 18.9 Å². The van der Waals surface area contributed by atoms with Crippen molar-refractivity contribution in [1.82, 2.24) is 4.90 Å². The second-order valence-electron chi connectivity index (χ2n) is 20.0. The van der Waals surface area contributed by atoms with Gasteiger partial charge in [0.2, 0.25) is 0 Å². The lowest BCUT2D eigenvalue weighted by Crippen LogP contribution is -2.43. The number of allylic oxidation sites excluding steroid dienone is 10. The highest BCUT2D eigenvalue weighted by molar-refractivity contribution is 5.77. The summed E-state index contributed by atoms with van der Waals surface area (Å²) >= 11 is 0. The molecule has 4 atom stereocenters. The first-order valence-electron chi connectivity index (χ1n) is 27.8. The van der Waals surface area contributed by atoms with Crippen LogP contribution in [-0.4, -0.2) is 75.6 Å². The minimum absolute atomic E-state index is 0.0662. The summed E-state index contributed by atoms with van der Waals surface area (Å²) in [6.07, 6.45) is 57.2. The zero-order chi connectivity index (χ0) is 47.6. The molecule has 0 amide bonds. The fourth-order valence-electron chi connectivity index (χ4n) is 9.22. The van der Waals surface area contributed by atoms with Gasteiger partial charge in [-0.05, 0) is 149 Å². The molecule has 7 heteroatoms. The molecule has 0 aromatic rings. The Labute approximate surface area is 407 Å². The Morgan fingerprint density at radius 1 is 0.606 bits per heavy atom. The van der Waals surface area contributed by atoms with E-state index in [9.17, 15) is 9.59 Å². The molecule has 0 N–H and O–H groups in total. The van der Waals surface area contributed by atoms with Gasteiger partial charge in [0.05, 0.1) is 12.0 Å². The van der Waals surface area contributed by atoms with Gasteiger partial charge < -0.3 is 23.8 Å². The monoisotopic (exact) mass is 922 g/mol. The van der Waals surface area contributed by atoms with Gasteiger partial charge in [-0.1, -0.05) is 159 Å². The maximum atomic E-state index is 13.5. The van der Waals surface area contributed by atoms with Gasteiger partial charge in [0.25, 0.3) is 0 Å². The highest BCUT2D eigenvalue weighted by Gasteiger charge is 2.43. The summed E-state index contributed by atoms with van der Waals surface area (Å²) < 4.78 is 24.8. The van der Waals surface area contributed by atoms with E-state index < -0.39 is 5.41 Å². The molecular weight excluding hydrogens is 819 g/mol. The van der Waals surface area contributed by atoms with Crippen molar-refractivity contribution in [3.05, 3.63) is 60.8 Å². The average molecular weight is 922 g/mol. The SMILES string of the molecule is CC/C=C\CC1C(CC(=O)OCC(COCCCCCCCC/C=C\C/C=C\CCCCC)OCCCCCCCC/C=C\C/C=C\CCCCC)CCC1OC(=O)C1(C)CCN(C)CC1. The van der Waals surface area contributed by atoms with Crippen LogP contribution >= 0.6 is 0 Å². The number of nitrogens with zero attached hydrogens (tertiary/aromatic N) is 1. The smallest absolute Gasteiger partial charge is 0.312 e. The van der Waals surface area contributed by atoms with E-state index in [1.165, 1.54) is 122 Å². The van der Waals surface area contributed by atoms with Crippen LogP contribution in [0.4, 0.5) is 0 Å². The van der Waals surface area contributed by atoms with Crippen LogP contribution in [0.15, 0.2) is 60.8 Å². The summed E-state index contributed by atoms with van der Waals surface area (Å²) in [4.78, 5) is 29.2. The van der Waals surface area contributed by atoms with Crippen LogP contribution in [0.3, 0.4) is 0 Å². The minimum Gasteiger partial charge on any atom is -0.463 e. The van der Waals surface area contributed by atoms with E-state index in [0.29, 0.717) is 26.2 Å². The summed E-state index contributed by atoms with van der Waals surface area (Å²) in [5.74, 6) is -0.0120. The highest BCUT2D eigenvalue weighted by Crippen LogP contribution is 2.41. The van der Waals surface area contributed by atoms with Gasteiger partial charge in [0, 0.05) is 25.6 Å². The third kappa shape index (κ3) is 30.8. The molecule has 1 aliphatic carbocycles. The molecule has 4 unspecified atom stereocenters. The molecule has 66 heavy (non-hydrogen) atoms. The van der Waals surface area contributed by atoms with Crippen LogP contribution in [-0.2, 0) is 28.5 Å². The number of ether oxygens (including phenoxy) is 4. The highest BCUT2D eigenvalue weighted by atomic mass is 16.6. The Morgan fingerprint density at radius 2 is 1.12 bits per heavy atom. The second kappa shape index (κ2) is 41.5. The van der Waals surface area contributed by atoms with Gasteiger partial charge in [0.1, 0.15) is 18.8 Å². The number of hydrogen-bond acceptors (Lipinski definition) is 7. The first kappa shape index (κ1) is 59.6. The van der Waals surface area contributed by atoms with Gasteiger partial charge >= 0.3 is 11.9 Å². The molecule has 0 radical (unpaired) electrons. The van der Waals surface area contributed by atoms with Crippen molar-refractivity contribution in [2.75, 3.05) is 46.6 Å². The number of likely N-dealkylation sites (tertiary alicyclic amines) is 1. The largest absolute Gasteiger partial charge is 0.463 e. The van der Waals surface area contributed by atoms with Crippen molar-refractivity contribution in [1.29, 1.82) is 0 Å². The Bertz CT molecular complexity index is 1310. The van der Waals surface area contributed by atoms with E-state index in [-0.39, 0.29) is 42.6 Å². The molecule has 1 saturated carbocycles. The van der Waals surface area contributed by atoms with Crippen molar-refractivity contribution in [2.24, 2.45) is 17.3 Å². The third-order valence-electron chi connectivity index (χ3n) is 13.9. The molecule has 0 bridgehead atoms. The molecule has 1 heterocycles. The van der Waals surface area contributed by atoms with E-state index >= 15 is 0 Å². The number of piperidine rings is 1. The quantitative estimate of drug-likeness (QED) is 0.0343. The second-order valence-corrected chi connectivity index (χ2v) is 20.0. The lowest BCUT2D eigenvalue weighted by atomic mass is 9.80. The van der Waals surface area contributed by atoms with E-state index in [2.05, 4.69) is 100 Å². The maximum Gasteiger partial charge on any atom is 0.312 e. The summed E-state index contributed by atoms with van der Waals surface area (Å²) in [5.41, 5.74) is -0.435. The van der Waals surface area contributed by atoms with Gasteiger partial charge in [-0.15, -0.1) is 0 Å². The number of carbonyl (C=O) groups is 2. The third-order valence-corrected chi connectivity index (χ3v) is 13.9. The average Bonchev–Trinajstić information content (AvgIpc) is 3.68. The topological polar surface area (TPSA) is 74.3 Å². The summed E-state index contributed by atoms with van der Waals surface area (Å²) in [5, 5.41) is 0. The van der Waals surface area contributed by atoms with Crippen LogP contribution in [0, 0.1) is 17.3 Å². The molecule has 0 aromatic heterocycles. The first-order chi connectivity index (χ1) is 32.3. The fraction of sp³-hybridized carbons (Fsp3) is 0.797. The van der Waals surface area contributed by atoms with E-state index in [1.807, 2.05) is 0 Å². The lowest BCUT2D eigenvalue weighted by Gasteiger charge is -2.37. The van der Waals surface area contributed by atoms with Gasteiger partial charge in [0.15, 0.2) is 0 Å². The molecule has 0 aromatic carbocycles. The lowest BCUT2D eigenvalue weighted by molar-refractivity contribution is -0.165. The van der Waals surface area contributed by atoms with Crippen LogP contribution in [0.5, 0.6) is 0 Å². The van der Waals surface area contributed by atoms with Crippen LogP contribution in [0.25, 0.3) is 0 Å². The summed E-state index contributed by atoms with van der Waals surface area (Å²) in [6, 6.07) is 0. The Kier molecular flexibility index (Phi) is 37.5. The van der Waals surface area contributed by atoms with Gasteiger partial charge in [-0.2, -0.15) is 0 Å². The summed E-state index contributed by atoms with van der Waals surface area (Å²) in [7, 11) is 2.11. The molecule has 2 fully saturated rings. The Balaban J connectivity index is 1.75. The molecule has 1 aliphatic heterocycles. The predicted octanol–water partition coefficient (Wildman–Crippen LogP) is 16.0. The molecular formula is C59H103NO6. The molecule has 7 nitrogen and oxygen atoms in total. The number of rotatable bonds is 42. The van der Waals surface area contributed by atoms with Crippen molar-refractivity contribution in [3.8, 4) is 0 Å². The van der Waals surface area contributed by atoms with E-state index in [1.54, 1.807) is 0 Å². The Morgan fingerprint density at radius 3 is 1.67 bits per heavy atom. The molecule has 2 aliphatic rings. The minimum atomic E-state index is -0.435. The zero-order valence-corrected chi connectivity index (χ0v) is 43.6. The number of unbranched alkanes of at least 4 members (excludes halogenated alkanes) is 18. The predicted molar refractivity (Wildman–Crippen MR) is 280 cm³/mol. The number of carbonyl (C=O) groups excluding carboxylic acids is 2. The van der Waals surface area contributed by atoms with Crippen molar-refractivity contribution >= 4 is 11.9 Å². The van der Waals surface area contributed by atoms with Crippen LogP contribution in [0.2, 0.25) is 0 Å². The van der Waals surface area contributed by atoms with Crippen LogP contribution < -0.4 is 0 Å².